The molecule has 0 aliphatic carbocycles. The largest absolute Gasteiger partial charge is 0.495 e. The lowest BCUT2D eigenvalue weighted by Crippen LogP contribution is -2.22. The van der Waals surface area contributed by atoms with Crippen LogP contribution < -0.4 is 10.1 Å². The molecule has 1 aromatic carbocycles. The van der Waals surface area contributed by atoms with Crippen molar-refractivity contribution in [3.05, 3.63) is 57.8 Å². The molecule has 0 radical (unpaired) electrons. The summed E-state index contributed by atoms with van der Waals surface area (Å²) in [5.41, 5.74) is 3.55. The van der Waals surface area contributed by atoms with Crippen LogP contribution in [-0.4, -0.2) is 18.6 Å². The van der Waals surface area contributed by atoms with Crippen LogP contribution in [0, 0.1) is 6.92 Å². The van der Waals surface area contributed by atoms with Crippen LogP contribution in [0.4, 0.5) is 0 Å². The smallest absolute Gasteiger partial charge is 0.137 e. The van der Waals surface area contributed by atoms with Gasteiger partial charge in [0.25, 0.3) is 0 Å². The molecule has 0 amide bonds. The minimum Gasteiger partial charge on any atom is -0.495 e. The second-order valence-electron chi connectivity index (χ2n) is 4.66. The van der Waals surface area contributed by atoms with Gasteiger partial charge in [-0.25, -0.2) is 0 Å². The number of aromatic nitrogens is 1. The van der Waals surface area contributed by atoms with Crippen molar-refractivity contribution in [2.75, 3.05) is 13.7 Å². The summed E-state index contributed by atoms with van der Waals surface area (Å²) in [6.45, 7) is 5.09. The lowest BCUT2D eigenvalue weighted by atomic mass is 9.98. The molecule has 0 fully saturated rings. The van der Waals surface area contributed by atoms with Gasteiger partial charge in [0.1, 0.15) is 5.75 Å². The van der Waals surface area contributed by atoms with Crippen molar-refractivity contribution in [1.29, 1.82) is 0 Å². The first-order valence-corrected chi connectivity index (χ1v) is 7.43. The Hall–Kier alpha value is -1.39. The maximum Gasteiger partial charge on any atom is 0.137 e. The first-order chi connectivity index (χ1) is 9.65. The first-order valence-electron chi connectivity index (χ1n) is 6.64. The summed E-state index contributed by atoms with van der Waals surface area (Å²) in [6.07, 6.45) is 3.60. The van der Waals surface area contributed by atoms with Crippen molar-refractivity contribution in [2.24, 2.45) is 0 Å². The molecule has 1 heterocycles. The monoisotopic (exact) mass is 334 g/mol. The van der Waals surface area contributed by atoms with Gasteiger partial charge < -0.3 is 10.1 Å². The number of rotatable bonds is 5. The number of pyridine rings is 1. The van der Waals surface area contributed by atoms with E-state index in [1.54, 1.807) is 13.3 Å². The van der Waals surface area contributed by atoms with Crippen LogP contribution in [0.3, 0.4) is 0 Å². The van der Waals surface area contributed by atoms with Crippen LogP contribution in [0.2, 0.25) is 0 Å². The van der Waals surface area contributed by atoms with Crippen molar-refractivity contribution in [2.45, 2.75) is 19.9 Å². The molecule has 1 unspecified atom stereocenters. The Labute approximate surface area is 128 Å². The number of halogens is 1. The van der Waals surface area contributed by atoms with Gasteiger partial charge in [-0.15, -0.1) is 0 Å². The van der Waals surface area contributed by atoms with E-state index in [4.69, 9.17) is 4.74 Å². The summed E-state index contributed by atoms with van der Waals surface area (Å²) in [5, 5.41) is 3.50. The normalized spacial score (nSPS) is 12.2. The van der Waals surface area contributed by atoms with Gasteiger partial charge >= 0.3 is 0 Å². The zero-order valence-corrected chi connectivity index (χ0v) is 13.6. The molecule has 0 spiro atoms. The molecule has 2 aromatic rings. The third-order valence-corrected chi connectivity index (χ3v) is 4.12. The zero-order chi connectivity index (χ0) is 14.5. The van der Waals surface area contributed by atoms with Crippen LogP contribution in [0.1, 0.15) is 29.7 Å². The van der Waals surface area contributed by atoms with Crippen LogP contribution in [0.15, 0.2) is 41.1 Å². The van der Waals surface area contributed by atoms with Gasteiger partial charge in [0, 0.05) is 10.7 Å². The van der Waals surface area contributed by atoms with Crippen LogP contribution >= 0.6 is 15.9 Å². The SMILES string of the molecule is CCNC(c1cncc(OC)c1)c1ccc(Br)c(C)c1. The molecule has 4 heteroatoms. The Morgan fingerprint density at radius 3 is 2.70 bits per heavy atom. The fourth-order valence-electron chi connectivity index (χ4n) is 2.18. The molecule has 1 atom stereocenters. The number of hydrogen-bond donors (Lipinski definition) is 1. The Bertz CT molecular complexity index is 586. The van der Waals surface area contributed by atoms with Gasteiger partial charge in [-0.1, -0.05) is 35.0 Å². The summed E-state index contributed by atoms with van der Waals surface area (Å²) < 4.78 is 6.39. The second-order valence-corrected chi connectivity index (χ2v) is 5.51. The third kappa shape index (κ3) is 3.38. The number of hydrogen-bond acceptors (Lipinski definition) is 3. The highest BCUT2D eigenvalue weighted by atomic mass is 79.9. The van der Waals surface area contributed by atoms with E-state index in [2.05, 4.69) is 58.3 Å². The Balaban J connectivity index is 2.41. The average molecular weight is 335 g/mol. The molecule has 0 saturated carbocycles. The average Bonchev–Trinajstić information content (AvgIpc) is 2.48. The Kier molecular flexibility index (Phi) is 5.15. The number of nitrogens with zero attached hydrogens (tertiary/aromatic N) is 1. The molecule has 2 rings (SSSR count). The van der Waals surface area contributed by atoms with Crippen molar-refractivity contribution < 1.29 is 4.74 Å². The van der Waals surface area contributed by atoms with Gasteiger partial charge in [-0.3, -0.25) is 4.98 Å². The predicted octanol–water partition coefficient (Wildman–Crippen LogP) is 3.86. The molecule has 0 aliphatic rings. The van der Waals surface area contributed by atoms with E-state index in [1.807, 2.05) is 12.3 Å². The number of methoxy groups -OCH3 is 1. The lowest BCUT2D eigenvalue weighted by Gasteiger charge is -2.20. The summed E-state index contributed by atoms with van der Waals surface area (Å²) >= 11 is 3.54. The van der Waals surface area contributed by atoms with E-state index in [0.717, 1.165) is 22.3 Å². The highest BCUT2D eigenvalue weighted by molar-refractivity contribution is 9.10. The van der Waals surface area contributed by atoms with Gasteiger partial charge in [-0.2, -0.15) is 0 Å². The quantitative estimate of drug-likeness (QED) is 0.901. The second kappa shape index (κ2) is 6.86. The summed E-state index contributed by atoms with van der Waals surface area (Å²) in [7, 11) is 1.66. The fourth-order valence-corrected chi connectivity index (χ4v) is 2.43. The number of nitrogens with one attached hydrogen (secondary N) is 1. The Morgan fingerprint density at radius 1 is 1.25 bits per heavy atom. The maximum atomic E-state index is 5.26. The third-order valence-electron chi connectivity index (χ3n) is 3.23. The molecule has 0 aliphatic heterocycles. The van der Waals surface area contributed by atoms with E-state index < -0.39 is 0 Å². The van der Waals surface area contributed by atoms with Crippen LogP contribution in [-0.2, 0) is 0 Å². The summed E-state index contributed by atoms with van der Waals surface area (Å²) in [5.74, 6) is 0.777. The maximum absolute atomic E-state index is 5.26. The molecule has 106 valence electrons. The predicted molar refractivity (Wildman–Crippen MR) is 85.2 cm³/mol. The molecule has 0 saturated heterocycles. The number of ether oxygens (including phenoxy) is 1. The van der Waals surface area contributed by atoms with Gasteiger partial charge in [0.05, 0.1) is 19.3 Å². The van der Waals surface area contributed by atoms with Crippen molar-refractivity contribution in [3.8, 4) is 5.75 Å². The van der Waals surface area contributed by atoms with Crippen LogP contribution in [0.5, 0.6) is 5.75 Å². The molecule has 1 aromatic heterocycles. The number of aryl methyl sites for hydroxylation is 1. The van der Waals surface area contributed by atoms with Crippen LogP contribution in [0.25, 0.3) is 0 Å². The van der Waals surface area contributed by atoms with Crippen molar-refractivity contribution in [1.82, 2.24) is 10.3 Å². The van der Waals surface area contributed by atoms with Gasteiger partial charge in [-0.05, 0) is 42.3 Å². The highest BCUT2D eigenvalue weighted by Gasteiger charge is 2.14. The minimum atomic E-state index is 0.120. The highest BCUT2D eigenvalue weighted by Crippen LogP contribution is 2.27. The summed E-state index contributed by atoms with van der Waals surface area (Å²) in [4.78, 5) is 4.25. The summed E-state index contributed by atoms with van der Waals surface area (Å²) in [6, 6.07) is 8.55. The van der Waals surface area contributed by atoms with Crippen molar-refractivity contribution >= 4 is 15.9 Å². The molecule has 0 bridgehead atoms. The first kappa shape index (κ1) is 15.0. The van der Waals surface area contributed by atoms with E-state index >= 15 is 0 Å². The van der Waals surface area contributed by atoms with E-state index in [1.165, 1.54) is 11.1 Å². The van der Waals surface area contributed by atoms with E-state index in [-0.39, 0.29) is 6.04 Å². The van der Waals surface area contributed by atoms with E-state index in [0.29, 0.717) is 0 Å². The minimum absolute atomic E-state index is 0.120. The number of benzene rings is 1. The molecule has 20 heavy (non-hydrogen) atoms. The Morgan fingerprint density at radius 2 is 2.05 bits per heavy atom. The topological polar surface area (TPSA) is 34.2 Å². The molecular weight excluding hydrogens is 316 g/mol. The van der Waals surface area contributed by atoms with Gasteiger partial charge in [0.15, 0.2) is 0 Å². The molecule has 1 N–H and O–H groups in total. The molecular formula is C16H19BrN2O. The lowest BCUT2D eigenvalue weighted by molar-refractivity contribution is 0.411. The van der Waals surface area contributed by atoms with Gasteiger partial charge in [0.2, 0.25) is 0 Å². The van der Waals surface area contributed by atoms with E-state index in [9.17, 15) is 0 Å². The molecule has 3 nitrogen and oxygen atoms in total. The van der Waals surface area contributed by atoms with Crippen molar-refractivity contribution in [3.63, 3.8) is 0 Å². The fraction of sp³-hybridized carbons (Fsp3) is 0.312. The standard InChI is InChI=1S/C16H19BrN2O/c1-4-19-16(12-5-6-15(17)11(2)7-12)13-8-14(20-3)10-18-9-13/h5-10,16,19H,4H2,1-3H3. The zero-order valence-electron chi connectivity index (χ0n) is 12.0.